The van der Waals surface area contributed by atoms with Crippen molar-refractivity contribution in [3.05, 3.63) is 100 Å². The summed E-state index contributed by atoms with van der Waals surface area (Å²) in [7, 11) is 0. The third-order valence-electron chi connectivity index (χ3n) is 6.61. The molecule has 1 saturated carbocycles. The first-order chi connectivity index (χ1) is 19.1. The van der Waals surface area contributed by atoms with Gasteiger partial charge in [0, 0.05) is 35.0 Å². The quantitative estimate of drug-likeness (QED) is 0.371. The van der Waals surface area contributed by atoms with E-state index in [1.807, 2.05) is 19.9 Å². The van der Waals surface area contributed by atoms with Crippen LogP contribution in [-0.4, -0.2) is 23.0 Å². The Morgan fingerprint density at radius 3 is 2.73 bits per heavy atom. The average Bonchev–Trinajstić information content (AvgIpc) is 3.80. The van der Waals surface area contributed by atoms with Gasteiger partial charge in [0.15, 0.2) is 0 Å². The highest BCUT2D eigenvalue weighted by atomic mass is 19.1. The van der Waals surface area contributed by atoms with Crippen LogP contribution in [0.4, 0.5) is 10.1 Å². The van der Waals surface area contributed by atoms with Crippen LogP contribution >= 0.6 is 0 Å². The van der Waals surface area contributed by atoms with E-state index in [0.29, 0.717) is 39.2 Å². The van der Waals surface area contributed by atoms with Gasteiger partial charge in [0.05, 0.1) is 28.7 Å². The highest BCUT2D eigenvalue weighted by molar-refractivity contribution is 6.04. The standard InChI is InChI=1S/C31H31FN6O2/c1-5-31(3,4)28-16-22(10-12-34-28)30(40)37-27-17-24(19(2)14-25(27)32)26-15-23(18-36-38-26)20(8-11-33)9-13-35-29(39)21-6-7-21/h1,8-18,21,38H,6-7,33H2,2-4H3,(H,35,39)(H,37,40)/b11-8+,13-9-,23-20+. The zero-order valence-corrected chi connectivity index (χ0v) is 22.6. The number of aromatic nitrogens is 1. The van der Waals surface area contributed by atoms with E-state index >= 15 is 0 Å². The summed E-state index contributed by atoms with van der Waals surface area (Å²) in [4.78, 5) is 29.3. The highest BCUT2D eigenvalue weighted by Gasteiger charge is 2.28. The molecule has 2 aromatic rings. The number of hydrazone groups is 1. The highest BCUT2D eigenvalue weighted by Crippen LogP contribution is 2.29. The smallest absolute Gasteiger partial charge is 0.255 e. The molecule has 0 bridgehead atoms. The van der Waals surface area contributed by atoms with Crippen LogP contribution in [0.25, 0.3) is 5.70 Å². The molecule has 2 amide bonds. The van der Waals surface area contributed by atoms with Crippen molar-refractivity contribution < 1.29 is 14.0 Å². The predicted molar refractivity (Wildman–Crippen MR) is 155 cm³/mol. The van der Waals surface area contributed by atoms with Gasteiger partial charge in [-0.05, 0) is 93.4 Å². The molecule has 4 rings (SSSR count). The zero-order chi connectivity index (χ0) is 28.9. The average molecular weight is 539 g/mol. The third-order valence-corrected chi connectivity index (χ3v) is 6.61. The van der Waals surface area contributed by atoms with Crippen molar-refractivity contribution in [1.29, 1.82) is 0 Å². The summed E-state index contributed by atoms with van der Waals surface area (Å²) in [5.41, 5.74) is 12.1. The number of aryl methyl sites for hydroxylation is 1. The number of anilines is 1. The van der Waals surface area contributed by atoms with Gasteiger partial charge < -0.3 is 16.4 Å². The van der Waals surface area contributed by atoms with Crippen molar-refractivity contribution in [2.24, 2.45) is 16.8 Å². The van der Waals surface area contributed by atoms with Crippen LogP contribution in [0.15, 0.2) is 77.3 Å². The first-order valence-corrected chi connectivity index (χ1v) is 12.8. The lowest BCUT2D eigenvalue weighted by atomic mass is 9.89. The minimum Gasteiger partial charge on any atom is -0.405 e. The first-order valence-electron chi connectivity index (χ1n) is 12.8. The molecule has 1 aliphatic carbocycles. The molecule has 1 fully saturated rings. The van der Waals surface area contributed by atoms with Gasteiger partial charge in [0.25, 0.3) is 5.91 Å². The maximum Gasteiger partial charge on any atom is 0.255 e. The van der Waals surface area contributed by atoms with Crippen molar-refractivity contribution in [3.8, 4) is 12.3 Å². The Balaban J connectivity index is 1.62. The maximum absolute atomic E-state index is 15.0. The van der Waals surface area contributed by atoms with Crippen molar-refractivity contribution in [1.82, 2.24) is 15.7 Å². The van der Waals surface area contributed by atoms with Crippen LogP contribution in [0.1, 0.15) is 53.9 Å². The van der Waals surface area contributed by atoms with Gasteiger partial charge in [0.2, 0.25) is 5.91 Å². The molecule has 1 aliphatic heterocycles. The molecule has 1 aromatic carbocycles. The zero-order valence-electron chi connectivity index (χ0n) is 22.6. The normalized spacial score (nSPS) is 16.3. The molecule has 40 heavy (non-hydrogen) atoms. The Morgan fingerprint density at radius 2 is 2.02 bits per heavy atom. The van der Waals surface area contributed by atoms with Crippen LogP contribution in [0.2, 0.25) is 0 Å². The van der Waals surface area contributed by atoms with Crippen LogP contribution in [0, 0.1) is 31.0 Å². The van der Waals surface area contributed by atoms with Crippen LogP contribution in [0.5, 0.6) is 0 Å². The number of nitrogens with one attached hydrogen (secondary N) is 3. The molecule has 0 atom stereocenters. The molecule has 0 radical (unpaired) electrons. The molecular weight excluding hydrogens is 507 g/mol. The second-order valence-corrected chi connectivity index (χ2v) is 10.1. The van der Waals surface area contributed by atoms with E-state index in [4.69, 9.17) is 12.2 Å². The SMILES string of the molecule is C#CC(C)(C)c1cc(C(=O)Nc2cc(C3=C/C(=C(\C=C/NC(=O)C4CC4)/C=C/N)C=NN3)c(C)cc2F)ccn1. The van der Waals surface area contributed by atoms with E-state index in [2.05, 4.69) is 32.1 Å². The summed E-state index contributed by atoms with van der Waals surface area (Å²) >= 11 is 0. The van der Waals surface area contributed by atoms with E-state index in [-0.39, 0.29) is 17.5 Å². The number of carbonyl (C=O) groups excluding carboxylic acids is 2. The molecule has 0 spiro atoms. The minimum absolute atomic E-state index is 0.00715. The molecule has 5 N–H and O–H groups in total. The molecule has 2 heterocycles. The number of amides is 2. The lowest BCUT2D eigenvalue weighted by molar-refractivity contribution is -0.121. The predicted octanol–water partition coefficient (Wildman–Crippen LogP) is 4.43. The number of hydrogen-bond donors (Lipinski definition) is 4. The summed E-state index contributed by atoms with van der Waals surface area (Å²) in [6, 6.07) is 6.05. The number of nitrogens with zero attached hydrogens (tertiary/aromatic N) is 2. The van der Waals surface area contributed by atoms with E-state index in [1.165, 1.54) is 18.5 Å². The number of hydrogen-bond acceptors (Lipinski definition) is 6. The molecule has 9 heteroatoms. The van der Waals surface area contributed by atoms with Gasteiger partial charge >= 0.3 is 0 Å². The van der Waals surface area contributed by atoms with Gasteiger partial charge in [-0.3, -0.25) is 20.0 Å². The summed E-state index contributed by atoms with van der Waals surface area (Å²) in [6.45, 7) is 5.42. The molecule has 1 aromatic heterocycles. The largest absolute Gasteiger partial charge is 0.405 e. The third kappa shape index (κ3) is 6.53. The fourth-order valence-corrected chi connectivity index (χ4v) is 3.96. The number of terminal acetylenes is 1. The Morgan fingerprint density at radius 1 is 1.25 bits per heavy atom. The van der Waals surface area contributed by atoms with Crippen LogP contribution < -0.4 is 21.8 Å². The van der Waals surface area contributed by atoms with Crippen LogP contribution in [-0.2, 0) is 10.2 Å². The van der Waals surface area contributed by atoms with E-state index in [9.17, 15) is 14.0 Å². The summed E-state index contributed by atoms with van der Waals surface area (Å²) in [6.07, 6.45) is 18.8. The van der Waals surface area contributed by atoms with Gasteiger partial charge in [-0.1, -0.05) is 5.92 Å². The monoisotopic (exact) mass is 538 g/mol. The summed E-state index contributed by atoms with van der Waals surface area (Å²) < 4.78 is 15.0. The minimum atomic E-state index is -0.667. The Kier molecular flexibility index (Phi) is 8.29. The van der Waals surface area contributed by atoms with Gasteiger partial charge in [-0.2, -0.15) is 5.10 Å². The number of allylic oxidation sites excluding steroid dienone is 5. The van der Waals surface area contributed by atoms with Crippen molar-refractivity contribution in [3.63, 3.8) is 0 Å². The summed E-state index contributed by atoms with van der Waals surface area (Å²) in [5.74, 6) is 1.66. The fraction of sp³-hybridized carbons (Fsp3) is 0.226. The van der Waals surface area contributed by atoms with Crippen LogP contribution in [0.3, 0.4) is 0 Å². The fourth-order valence-electron chi connectivity index (χ4n) is 3.96. The number of benzene rings is 1. The second-order valence-electron chi connectivity index (χ2n) is 10.1. The van der Waals surface area contributed by atoms with E-state index in [0.717, 1.165) is 12.8 Å². The molecule has 0 saturated heterocycles. The number of carbonyl (C=O) groups is 2. The number of nitrogens with two attached hydrogens (primary N) is 1. The van der Waals surface area contributed by atoms with Crippen molar-refractivity contribution in [2.45, 2.75) is 39.0 Å². The Labute approximate surface area is 233 Å². The summed E-state index contributed by atoms with van der Waals surface area (Å²) in [5, 5.41) is 9.68. The van der Waals surface area contributed by atoms with E-state index in [1.54, 1.807) is 49.7 Å². The second kappa shape index (κ2) is 11.8. The molecule has 0 unspecified atom stereocenters. The topological polar surface area (TPSA) is 122 Å². The molecular formula is C31H31FN6O2. The Bertz CT molecular complexity index is 1540. The lowest BCUT2D eigenvalue weighted by Gasteiger charge is -2.18. The van der Waals surface area contributed by atoms with Gasteiger partial charge in [-0.25, -0.2) is 4.39 Å². The van der Waals surface area contributed by atoms with Crippen molar-refractivity contribution in [2.75, 3.05) is 5.32 Å². The van der Waals surface area contributed by atoms with Crippen molar-refractivity contribution >= 4 is 29.4 Å². The number of pyridine rings is 1. The van der Waals surface area contributed by atoms with Gasteiger partial charge in [-0.15, -0.1) is 6.42 Å². The molecule has 8 nitrogen and oxygen atoms in total. The molecule has 204 valence electrons. The Hall–Kier alpha value is -4.97. The van der Waals surface area contributed by atoms with Gasteiger partial charge in [0.1, 0.15) is 5.82 Å². The maximum atomic E-state index is 15.0. The van der Waals surface area contributed by atoms with E-state index < -0.39 is 17.1 Å². The first kappa shape index (κ1) is 28.0. The number of rotatable bonds is 8. The number of halogens is 1. The molecule has 2 aliphatic rings. The lowest BCUT2D eigenvalue weighted by Crippen LogP contribution is -2.19.